The fourth-order valence-electron chi connectivity index (χ4n) is 2.37. The predicted molar refractivity (Wildman–Crippen MR) is 111 cm³/mol. The van der Waals surface area contributed by atoms with Gasteiger partial charge < -0.3 is 15.2 Å². The lowest BCUT2D eigenvalue weighted by Gasteiger charge is -2.12. The number of benzene rings is 2. The van der Waals surface area contributed by atoms with Gasteiger partial charge in [0.25, 0.3) is 0 Å². The van der Waals surface area contributed by atoms with Gasteiger partial charge in [0.05, 0.1) is 0 Å². The maximum absolute atomic E-state index is 9.45. The molecule has 2 N–H and O–H groups in total. The van der Waals surface area contributed by atoms with Gasteiger partial charge in [-0.3, -0.25) is 0 Å². The van der Waals surface area contributed by atoms with Gasteiger partial charge in [0.1, 0.15) is 17.3 Å². The number of rotatable bonds is 6. The fraction of sp³-hybridized carbons (Fsp3) is 0.0500. The molecular formula is C20H16N4O2S2. The molecule has 0 spiro atoms. The Balaban J connectivity index is 1.63. The quantitative estimate of drug-likeness (QED) is 0.428. The van der Waals surface area contributed by atoms with Crippen molar-refractivity contribution >= 4 is 34.2 Å². The Hall–Kier alpha value is -3.10. The third kappa shape index (κ3) is 4.59. The van der Waals surface area contributed by atoms with Crippen LogP contribution < -0.4 is 10.1 Å². The third-order valence-electron chi connectivity index (χ3n) is 3.62. The molecule has 4 aromatic rings. The van der Waals surface area contributed by atoms with E-state index < -0.39 is 0 Å². The van der Waals surface area contributed by atoms with E-state index in [1.54, 1.807) is 18.3 Å². The summed E-state index contributed by atoms with van der Waals surface area (Å²) in [6.45, 7) is 1.84. The lowest BCUT2D eigenvalue weighted by atomic mass is 10.3. The average molecular weight is 409 g/mol. The number of ether oxygens (including phenoxy) is 1. The summed E-state index contributed by atoms with van der Waals surface area (Å²) in [6.07, 6.45) is 1.77. The minimum absolute atomic E-state index is 0.238. The number of para-hydroxylation sites is 1. The van der Waals surface area contributed by atoms with E-state index in [9.17, 15) is 5.11 Å². The SMILES string of the molecule is Cc1nsc(Nc2ncc(Sc3ccc(O)cc3)cc2Oc2ccccc2)n1. The first-order chi connectivity index (χ1) is 13.7. The third-order valence-corrected chi connectivity index (χ3v) is 5.31. The Morgan fingerprint density at radius 2 is 1.82 bits per heavy atom. The molecule has 0 bridgehead atoms. The summed E-state index contributed by atoms with van der Waals surface area (Å²) in [5.74, 6) is 2.81. The lowest BCUT2D eigenvalue weighted by molar-refractivity contribution is 0.475. The van der Waals surface area contributed by atoms with Crippen molar-refractivity contribution in [2.75, 3.05) is 5.32 Å². The summed E-state index contributed by atoms with van der Waals surface area (Å²) >= 11 is 2.80. The van der Waals surface area contributed by atoms with Crippen molar-refractivity contribution < 1.29 is 9.84 Å². The number of hydrogen-bond acceptors (Lipinski definition) is 8. The lowest BCUT2D eigenvalue weighted by Crippen LogP contribution is -1.97. The molecule has 8 heteroatoms. The molecule has 2 aromatic carbocycles. The van der Waals surface area contributed by atoms with E-state index in [1.165, 1.54) is 23.3 Å². The van der Waals surface area contributed by atoms with E-state index >= 15 is 0 Å². The number of pyridine rings is 1. The number of nitrogens with zero attached hydrogens (tertiary/aromatic N) is 3. The number of phenols is 1. The van der Waals surface area contributed by atoms with Crippen LogP contribution in [-0.2, 0) is 0 Å². The first-order valence-corrected chi connectivity index (χ1v) is 10.0. The highest BCUT2D eigenvalue weighted by Gasteiger charge is 2.12. The molecule has 4 rings (SSSR count). The molecule has 0 atom stereocenters. The van der Waals surface area contributed by atoms with Crippen LogP contribution in [0.4, 0.5) is 10.9 Å². The summed E-state index contributed by atoms with van der Waals surface area (Å²) in [4.78, 5) is 10.8. The van der Waals surface area contributed by atoms with E-state index in [2.05, 4.69) is 19.7 Å². The molecule has 2 heterocycles. The van der Waals surface area contributed by atoms with Gasteiger partial charge in [0.15, 0.2) is 11.6 Å². The van der Waals surface area contributed by atoms with Crippen molar-refractivity contribution in [2.45, 2.75) is 16.7 Å². The van der Waals surface area contributed by atoms with Gasteiger partial charge in [-0.1, -0.05) is 30.0 Å². The Morgan fingerprint density at radius 1 is 1.04 bits per heavy atom. The second kappa shape index (κ2) is 8.28. The highest BCUT2D eigenvalue weighted by molar-refractivity contribution is 7.99. The van der Waals surface area contributed by atoms with Crippen LogP contribution in [-0.4, -0.2) is 19.4 Å². The second-order valence-corrected chi connectivity index (χ2v) is 7.70. The molecule has 0 radical (unpaired) electrons. The van der Waals surface area contributed by atoms with E-state index in [0.717, 1.165) is 9.79 Å². The van der Waals surface area contributed by atoms with Crippen molar-refractivity contribution in [1.82, 2.24) is 14.3 Å². The fourth-order valence-corrected chi connectivity index (χ4v) is 3.76. The van der Waals surface area contributed by atoms with Gasteiger partial charge >= 0.3 is 0 Å². The molecular weight excluding hydrogens is 392 g/mol. The minimum atomic E-state index is 0.238. The molecule has 0 aliphatic rings. The molecule has 28 heavy (non-hydrogen) atoms. The normalized spacial score (nSPS) is 10.6. The molecule has 2 aromatic heterocycles. The smallest absolute Gasteiger partial charge is 0.208 e. The molecule has 6 nitrogen and oxygen atoms in total. The van der Waals surface area contributed by atoms with Crippen molar-refractivity contribution in [3.8, 4) is 17.2 Å². The molecule has 0 saturated heterocycles. The number of nitrogens with one attached hydrogen (secondary N) is 1. The van der Waals surface area contributed by atoms with Gasteiger partial charge in [-0.25, -0.2) is 9.97 Å². The summed E-state index contributed by atoms with van der Waals surface area (Å²) in [5, 5.41) is 13.3. The average Bonchev–Trinajstić information content (AvgIpc) is 3.11. The predicted octanol–water partition coefficient (Wildman–Crippen LogP) is 5.63. The standard InChI is InChI=1S/C20H16N4O2S2/c1-13-22-20(28-24-13)23-19-18(26-15-5-3-2-4-6-15)11-17(12-21-19)27-16-9-7-14(25)8-10-16/h2-12,25H,1H3,(H,21,22,23,24). The molecule has 0 fully saturated rings. The van der Waals surface area contributed by atoms with Crippen molar-refractivity contribution in [2.24, 2.45) is 0 Å². The number of aromatic nitrogens is 3. The van der Waals surface area contributed by atoms with Crippen LogP contribution in [0.25, 0.3) is 0 Å². The molecule has 140 valence electrons. The first kappa shape index (κ1) is 18.3. The van der Waals surface area contributed by atoms with Crippen LogP contribution in [0.1, 0.15) is 5.82 Å². The highest BCUT2D eigenvalue weighted by atomic mass is 32.2. The summed E-state index contributed by atoms with van der Waals surface area (Å²) in [6, 6.07) is 18.5. The summed E-state index contributed by atoms with van der Waals surface area (Å²) in [7, 11) is 0. The molecule has 0 amide bonds. The van der Waals surface area contributed by atoms with Gasteiger partial charge in [-0.2, -0.15) is 4.37 Å². The van der Waals surface area contributed by atoms with Gasteiger partial charge in [0, 0.05) is 33.6 Å². The maximum Gasteiger partial charge on any atom is 0.208 e. The molecule has 0 aliphatic carbocycles. The van der Waals surface area contributed by atoms with Gasteiger partial charge in [-0.05, 0) is 43.3 Å². The number of anilines is 2. The molecule has 0 aliphatic heterocycles. The van der Waals surface area contributed by atoms with E-state index in [1.807, 2.05) is 55.5 Å². The Morgan fingerprint density at radius 3 is 2.54 bits per heavy atom. The van der Waals surface area contributed by atoms with Gasteiger partial charge in [0.2, 0.25) is 5.13 Å². The minimum Gasteiger partial charge on any atom is -0.508 e. The zero-order valence-electron chi connectivity index (χ0n) is 14.9. The largest absolute Gasteiger partial charge is 0.508 e. The number of phenolic OH excluding ortho intramolecular Hbond substituents is 1. The van der Waals surface area contributed by atoms with Crippen LogP contribution in [0.2, 0.25) is 0 Å². The maximum atomic E-state index is 9.45. The highest BCUT2D eigenvalue weighted by Crippen LogP contribution is 2.36. The zero-order valence-corrected chi connectivity index (χ0v) is 16.5. The van der Waals surface area contributed by atoms with Gasteiger partial charge in [-0.15, -0.1) is 0 Å². The molecule has 0 saturated carbocycles. The van der Waals surface area contributed by atoms with Crippen molar-refractivity contribution in [3.05, 3.63) is 72.7 Å². The number of aryl methyl sites for hydroxylation is 1. The van der Waals surface area contributed by atoms with Crippen LogP contribution in [0.3, 0.4) is 0 Å². The van der Waals surface area contributed by atoms with Crippen LogP contribution in [0, 0.1) is 6.92 Å². The monoisotopic (exact) mass is 408 g/mol. The Bertz CT molecular complexity index is 1070. The summed E-state index contributed by atoms with van der Waals surface area (Å²) in [5.41, 5.74) is 0. The Labute approximate surface area is 170 Å². The number of hydrogen-bond donors (Lipinski definition) is 2. The first-order valence-electron chi connectivity index (χ1n) is 8.43. The summed E-state index contributed by atoms with van der Waals surface area (Å²) < 4.78 is 10.2. The number of aromatic hydroxyl groups is 1. The van der Waals surface area contributed by atoms with E-state index in [0.29, 0.717) is 28.3 Å². The van der Waals surface area contributed by atoms with Crippen molar-refractivity contribution in [1.29, 1.82) is 0 Å². The zero-order chi connectivity index (χ0) is 19.3. The van der Waals surface area contributed by atoms with Crippen LogP contribution >= 0.6 is 23.3 Å². The van der Waals surface area contributed by atoms with Crippen LogP contribution in [0.15, 0.2) is 76.7 Å². The topological polar surface area (TPSA) is 80.2 Å². The Kier molecular flexibility index (Phi) is 5.41. The van der Waals surface area contributed by atoms with E-state index in [4.69, 9.17) is 4.74 Å². The van der Waals surface area contributed by atoms with Crippen LogP contribution in [0.5, 0.6) is 17.2 Å². The van der Waals surface area contributed by atoms with Crippen molar-refractivity contribution in [3.63, 3.8) is 0 Å². The van der Waals surface area contributed by atoms with E-state index in [-0.39, 0.29) is 5.75 Å². The molecule has 0 unspecified atom stereocenters. The second-order valence-electron chi connectivity index (χ2n) is 5.80.